The highest BCUT2D eigenvalue weighted by molar-refractivity contribution is 6.03. The first-order valence-electron chi connectivity index (χ1n) is 8.80. The van der Waals surface area contributed by atoms with E-state index in [0.29, 0.717) is 5.76 Å². The molecule has 1 heterocycles. The first-order chi connectivity index (χ1) is 13.5. The van der Waals surface area contributed by atoms with Crippen LogP contribution in [-0.4, -0.2) is 38.6 Å². The van der Waals surface area contributed by atoms with Gasteiger partial charge >= 0.3 is 11.9 Å². The van der Waals surface area contributed by atoms with Crippen molar-refractivity contribution in [3.63, 3.8) is 0 Å². The second-order valence-electron chi connectivity index (χ2n) is 7.43. The molecule has 1 aromatic carbocycles. The Morgan fingerprint density at radius 1 is 1.17 bits per heavy atom. The fourth-order valence-corrected chi connectivity index (χ4v) is 3.44. The number of furan rings is 1. The standard InChI is InChI=1S/C21H19FO7/c1-20(18(24)25)7-6-16(21(28,11-20)19(26)27)17(23)13-9-15(29-10-13)8-12-2-4-14(22)5-3-12/h2-7,9-10,16,28H,8,11H2,1H3,(H,24,25)(H,26,27). The first kappa shape index (κ1) is 20.5. The lowest BCUT2D eigenvalue weighted by atomic mass is 9.66. The van der Waals surface area contributed by atoms with Crippen LogP contribution in [0, 0.1) is 17.2 Å². The maximum atomic E-state index is 13.0. The van der Waals surface area contributed by atoms with E-state index in [9.17, 15) is 34.1 Å². The molecule has 29 heavy (non-hydrogen) atoms. The van der Waals surface area contributed by atoms with Crippen molar-refractivity contribution in [3.05, 3.63) is 71.5 Å². The normalized spacial score (nSPS) is 26.2. The summed E-state index contributed by atoms with van der Waals surface area (Å²) >= 11 is 0. The van der Waals surface area contributed by atoms with Crippen LogP contribution in [0.25, 0.3) is 0 Å². The lowest BCUT2D eigenvalue weighted by molar-refractivity contribution is -0.169. The molecule has 0 radical (unpaired) electrons. The zero-order valence-corrected chi connectivity index (χ0v) is 15.5. The molecule has 3 atom stereocenters. The largest absolute Gasteiger partial charge is 0.481 e. The smallest absolute Gasteiger partial charge is 0.336 e. The van der Waals surface area contributed by atoms with E-state index in [1.54, 1.807) is 12.1 Å². The Morgan fingerprint density at radius 3 is 2.41 bits per heavy atom. The van der Waals surface area contributed by atoms with Crippen LogP contribution < -0.4 is 0 Å². The summed E-state index contributed by atoms with van der Waals surface area (Å²) in [6, 6.07) is 7.15. The second kappa shape index (κ2) is 7.29. The molecule has 0 aliphatic heterocycles. The van der Waals surface area contributed by atoms with E-state index >= 15 is 0 Å². The average molecular weight is 402 g/mol. The van der Waals surface area contributed by atoms with Crippen LogP contribution in [0.3, 0.4) is 0 Å². The highest BCUT2D eigenvalue weighted by Crippen LogP contribution is 2.42. The van der Waals surface area contributed by atoms with Crippen molar-refractivity contribution in [2.75, 3.05) is 0 Å². The van der Waals surface area contributed by atoms with E-state index in [4.69, 9.17) is 4.42 Å². The molecule has 152 valence electrons. The zero-order chi connectivity index (χ0) is 21.4. The minimum atomic E-state index is -2.58. The number of ketones is 1. The minimum Gasteiger partial charge on any atom is -0.481 e. The van der Waals surface area contributed by atoms with Gasteiger partial charge in [0.25, 0.3) is 0 Å². The van der Waals surface area contributed by atoms with Crippen molar-refractivity contribution in [3.8, 4) is 0 Å². The van der Waals surface area contributed by atoms with Gasteiger partial charge in [-0.2, -0.15) is 0 Å². The van der Waals surface area contributed by atoms with Crippen molar-refractivity contribution in [1.29, 1.82) is 0 Å². The van der Waals surface area contributed by atoms with Crippen LogP contribution in [0.1, 0.15) is 35.0 Å². The van der Waals surface area contributed by atoms with Crippen LogP contribution in [0.15, 0.2) is 53.2 Å². The Balaban J connectivity index is 1.87. The summed E-state index contributed by atoms with van der Waals surface area (Å²) in [7, 11) is 0. The molecule has 0 amide bonds. The van der Waals surface area contributed by atoms with Crippen molar-refractivity contribution < 1.29 is 38.5 Å². The molecule has 2 aromatic rings. The number of carbonyl (C=O) groups is 3. The van der Waals surface area contributed by atoms with Gasteiger partial charge in [-0.25, -0.2) is 9.18 Å². The third kappa shape index (κ3) is 3.84. The number of hydrogen-bond donors (Lipinski definition) is 3. The summed E-state index contributed by atoms with van der Waals surface area (Å²) in [4.78, 5) is 36.1. The maximum Gasteiger partial charge on any atom is 0.336 e. The van der Waals surface area contributed by atoms with Gasteiger partial charge in [-0.05, 0) is 30.7 Å². The highest BCUT2D eigenvalue weighted by atomic mass is 19.1. The summed E-state index contributed by atoms with van der Waals surface area (Å²) < 4.78 is 18.4. The number of Topliss-reactive ketones (excluding diaryl/α,β-unsaturated/α-hetero) is 1. The van der Waals surface area contributed by atoms with E-state index in [-0.39, 0.29) is 17.8 Å². The summed E-state index contributed by atoms with van der Waals surface area (Å²) in [5, 5.41) is 29.5. The Hall–Kier alpha value is -3.26. The number of carbonyl (C=O) groups excluding carboxylic acids is 1. The third-order valence-electron chi connectivity index (χ3n) is 5.18. The van der Waals surface area contributed by atoms with E-state index in [2.05, 4.69) is 0 Å². The molecule has 1 aromatic heterocycles. The van der Waals surface area contributed by atoms with Gasteiger partial charge in [-0.1, -0.05) is 24.3 Å². The number of aliphatic hydroxyl groups is 1. The predicted molar refractivity (Wildman–Crippen MR) is 97.8 cm³/mol. The number of benzene rings is 1. The summed E-state index contributed by atoms with van der Waals surface area (Å²) in [5.41, 5.74) is -3.39. The third-order valence-corrected chi connectivity index (χ3v) is 5.18. The molecule has 0 spiro atoms. The molecule has 3 rings (SSSR count). The van der Waals surface area contributed by atoms with Crippen LogP contribution in [-0.2, 0) is 16.0 Å². The van der Waals surface area contributed by atoms with Gasteiger partial charge in [0.15, 0.2) is 11.4 Å². The van der Waals surface area contributed by atoms with E-state index in [1.807, 2.05) is 0 Å². The van der Waals surface area contributed by atoms with Crippen LogP contribution >= 0.6 is 0 Å². The molecular formula is C21H19FO7. The monoisotopic (exact) mass is 402 g/mol. The van der Waals surface area contributed by atoms with E-state index < -0.39 is 41.1 Å². The number of carboxylic acid groups (broad SMARTS) is 2. The van der Waals surface area contributed by atoms with Gasteiger partial charge in [0.1, 0.15) is 17.8 Å². The fraction of sp³-hybridized carbons (Fsp3) is 0.286. The summed E-state index contributed by atoms with van der Waals surface area (Å²) in [6.45, 7) is 1.28. The zero-order valence-electron chi connectivity index (χ0n) is 15.5. The number of aliphatic carboxylic acids is 2. The number of rotatable bonds is 6. The maximum absolute atomic E-state index is 13.0. The summed E-state index contributed by atoms with van der Waals surface area (Å²) in [6.07, 6.45) is 3.14. The quantitative estimate of drug-likeness (QED) is 0.501. The Morgan fingerprint density at radius 2 is 1.83 bits per heavy atom. The minimum absolute atomic E-state index is 0.0513. The molecule has 1 aliphatic rings. The lowest BCUT2D eigenvalue weighted by Gasteiger charge is -2.38. The molecule has 1 aliphatic carbocycles. The molecule has 7 nitrogen and oxygen atoms in total. The van der Waals surface area contributed by atoms with Gasteiger partial charge in [-0.3, -0.25) is 9.59 Å². The number of hydrogen-bond acceptors (Lipinski definition) is 5. The van der Waals surface area contributed by atoms with Crippen LogP contribution in [0.4, 0.5) is 4.39 Å². The van der Waals surface area contributed by atoms with Crippen molar-refractivity contribution in [2.24, 2.45) is 11.3 Å². The van der Waals surface area contributed by atoms with Gasteiger partial charge in [0.05, 0.1) is 16.9 Å². The molecule has 0 saturated carbocycles. The van der Waals surface area contributed by atoms with Crippen molar-refractivity contribution in [1.82, 2.24) is 0 Å². The first-order valence-corrected chi connectivity index (χ1v) is 8.80. The van der Waals surface area contributed by atoms with E-state index in [0.717, 1.165) is 17.9 Å². The van der Waals surface area contributed by atoms with Crippen molar-refractivity contribution >= 4 is 17.7 Å². The molecule has 3 N–H and O–H groups in total. The van der Waals surface area contributed by atoms with Gasteiger partial charge < -0.3 is 19.7 Å². The fourth-order valence-electron chi connectivity index (χ4n) is 3.44. The lowest BCUT2D eigenvalue weighted by Crippen LogP contribution is -2.54. The highest BCUT2D eigenvalue weighted by Gasteiger charge is 2.55. The summed E-state index contributed by atoms with van der Waals surface area (Å²) in [5.74, 6) is -5.13. The molecule has 3 unspecified atom stereocenters. The van der Waals surface area contributed by atoms with Crippen LogP contribution in [0.5, 0.6) is 0 Å². The SMILES string of the molecule is CC1(C(=O)O)C=CC(C(=O)c2coc(Cc3ccc(F)cc3)c2)C(O)(C(=O)O)C1. The van der Waals surface area contributed by atoms with Gasteiger partial charge in [-0.15, -0.1) is 0 Å². The number of halogens is 1. The second-order valence-corrected chi connectivity index (χ2v) is 7.43. The Labute approximate surface area is 165 Å². The molecule has 0 bridgehead atoms. The topological polar surface area (TPSA) is 125 Å². The number of carboxylic acids is 2. The van der Waals surface area contributed by atoms with Gasteiger partial charge in [0.2, 0.25) is 0 Å². The molecule has 0 saturated heterocycles. The molecule has 0 fully saturated rings. The van der Waals surface area contributed by atoms with Gasteiger partial charge in [0, 0.05) is 12.8 Å². The average Bonchev–Trinajstić information content (AvgIpc) is 3.11. The van der Waals surface area contributed by atoms with Crippen molar-refractivity contribution in [2.45, 2.75) is 25.4 Å². The van der Waals surface area contributed by atoms with Crippen LogP contribution in [0.2, 0.25) is 0 Å². The Bertz CT molecular complexity index is 991. The molecular weight excluding hydrogens is 383 g/mol. The van der Waals surface area contributed by atoms with E-state index in [1.165, 1.54) is 31.2 Å². The predicted octanol–water partition coefficient (Wildman–Crippen LogP) is 2.67. The Kier molecular flexibility index (Phi) is 5.15. The molecule has 8 heteroatoms.